The fourth-order valence-electron chi connectivity index (χ4n) is 2.62. The minimum atomic E-state index is -0.333. The molecule has 0 spiro atoms. The zero-order valence-electron chi connectivity index (χ0n) is 11.8. The van der Waals surface area contributed by atoms with Gasteiger partial charge in [0.05, 0.1) is 5.69 Å². The molecule has 0 aliphatic carbocycles. The van der Waals surface area contributed by atoms with Crippen molar-refractivity contribution in [1.29, 1.82) is 0 Å². The third-order valence-electron chi connectivity index (χ3n) is 3.73. The van der Waals surface area contributed by atoms with Gasteiger partial charge in [0, 0.05) is 18.6 Å². The number of hydrogen-bond donors (Lipinski definition) is 0. The molecule has 3 nitrogen and oxygen atoms in total. The molecule has 0 radical (unpaired) electrons. The summed E-state index contributed by atoms with van der Waals surface area (Å²) in [4.78, 5) is 16.0. The van der Waals surface area contributed by atoms with E-state index in [0.717, 1.165) is 19.4 Å². The van der Waals surface area contributed by atoms with Gasteiger partial charge in [-0.2, -0.15) is 0 Å². The first kappa shape index (κ1) is 13.8. The minimum Gasteiger partial charge on any atom is -0.322 e. The topological polar surface area (TPSA) is 23.6 Å². The van der Waals surface area contributed by atoms with Crippen LogP contribution in [0.4, 0.5) is 14.9 Å². The van der Waals surface area contributed by atoms with Crippen LogP contribution in [0, 0.1) is 5.82 Å². The molecule has 2 amide bonds. The number of anilines is 1. The van der Waals surface area contributed by atoms with Crippen molar-refractivity contribution >= 4 is 11.7 Å². The van der Waals surface area contributed by atoms with Crippen molar-refractivity contribution in [3.63, 3.8) is 0 Å². The SMILES string of the molecule is CCC1CCN(C(C)C)C(=O)N1c1ccccc1F. The number of amides is 2. The van der Waals surface area contributed by atoms with E-state index in [1.54, 1.807) is 28.0 Å². The van der Waals surface area contributed by atoms with Crippen LogP contribution < -0.4 is 4.90 Å². The largest absolute Gasteiger partial charge is 0.325 e. The molecule has 1 saturated heterocycles. The molecule has 1 fully saturated rings. The predicted molar refractivity (Wildman–Crippen MR) is 74.8 cm³/mol. The number of rotatable bonds is 3. The van der Waals surface area contributed by atoms with E-state index >= 15 is 0 Å². The smallest absolute Gasteiger partial charge is 0.322 e. The van der Waals surface area contributed by atoms with Crippen LogP contribution in [0.3, 0.4) is 0 Å². The first-order chi connectivity index (χ1) is 9.06. The summed E-state index contributed by atoms with van der Waals surface area (Å²) in [6, 6.07) is 6.64. The summed E-state index contributed by atoms with van der Waals surface area (Å²) in [6.07, 6.45) is 1.72. The van der Waals surface area contributed by atoms with E-state index in [1.165, 1.54) is 6.07 Å². The number of hydrogen-bond acceptors (Lipinski definition) is 1. The van der Waals surface area contributed by atoms with E-state index < -0.39 is 0 Å². The second-order valence-corrected chi connectivity index (χ2v) is 5.24. The van der Waals surface area contributed by atoms with E-state index in [9.17, 15) is 9.18 Å². The standard InChI is InChI=1S/C15H21FN2O/c1-4-12-9-10-17(11(2)3)15(19)18(12)14-8-6-5-7-13(14)16/h5-8,11-12H,4,9-10H2,1-3H3. The average molecular weight is 264 g/mol. The maximum atomic E-state index is 14.0. The monoisotopic (exact) mass is 264 g/mol. The van der Waals surface area contributed by atoms with Gasteiger partial charge in [0.15, 0.2) is 0 Å². The lowest BCUT2D eigenvalue weighted by Crippen LogP contribution is -2.56. The highest BCUT2D eigenvalue weighted by atomic mass is 19.1. The fraction of sp³-hybridized carbons (Fsp3) is 0.533. The van der Waals surface area contributed by atoms with Gasteiger partial charge in [-0.05, 0) is 38.8 Å². The molecule has 0 aromatic heterocycles. The molecule has 0 N–H and O–H groups in total. The van der Waals surface area contributed by atoms with Crippen molar-refractivity contribution in [2.24, 2.45) is 0 Å². The van der Waals surface area contributed by atoms with Crippen molar-refractivity contribution in [2.45, 2.75) is 45.7 Å². The summed E-state index contributed by atoms with van der Waals surface area (Å²) in [7, 11) is 0. The molecule has 1 heterocycles. The Labute approximate surface area is 114 Å². The van der Waals surface area contributed by atoms with Gasteiger partial charge in [-0.3, -0.25) is 4.90 Å². The number of benzene rings is 1. The van der Waals surface area contributed by atoms with E-state index in [4.69, 9.17) is 0 Å². The molecular weight excluding hydrogens is 243 g/mol. The van der Waals surface area contributed by atoms with Gasteiger partial charge in [-0.15, -0.1) is 0 Å². The highest BCUT2D eigenvalue weighted by molar-refractivity contribution is 5.93. The first-order valence-corrected chi connectivity index (χ1v) is 6.90. The molecule has 1 aromatic rings. The van der Waals surface area contributed by atoms with Crippen molar-refractivity contribution in [3.05, 3.63) is 30.1 Å². The van der Waals surface area contributed by atoms with Gasteiger partial charge >= 0.3 is 6.03 Å². The lowest BCUT2D eigenvalue weighted by atomic mass is 10.0. The van der Waals surface area contributed by atoms with E-state index in [-0.39, 0.29) is 23.9 Å². The zero-order chi connectivity index (χ0) is 14.0. The Morgan fingerprint density at radius 2 is 2.05 bits per heavy atom. The molecule has 1 unspecified atom stereocenters. The molecule has 0 bridgehead atoms. The Hall–Kier alpha value is -1.58. The van der Waals surface area contributed by atoms with Gasteiger partial charge in [-0.25, -0.2) is 9.18 Å². The summed E-state index contributed by atoms with van der Waals surface area (Å²) in [5.41, 5.74) is 0.393. The Balaban J connectivity index is 2.38. The van der Waals surface area contributed by atoms with Gasteiger partial charge < -0.3 is 4.90 Å². The molecule has 0 saturated carbocycles. The van der Waals surface area contributed by atoms with Crippen molar-refractivity contribution in [2.75, 3.05) is 11.4 Å². The minimum absolute atomic E-state index is 0.0828. The van der Waals surface area contributed by atoms with Crippen LogP contribution in [-0.2, 0) is 0 Å². The maximum absolute atomic E-state index is 14.0. The van der Waals surface area contributed by atoms with Gasteiger partial charge in [-0.1, -0.05) is 19.1 Å². The van der Waals surface area contributed by atoms with Crippen LogP contribution in [0.5, 0.6) is 0 Å². The van der Waals surface area contributed by atoms with Gasteiger partial charge in [0.1, 0.15) is 5.82 Å². The van der Waals surface area contributed by atoms with Gasteiger partial charge in [0.2, 0.25) is 0 Å². The fourth-order valence-corrected chi connectivity index (χ4v) is 2.62. The Morgan fingerprint density at radius 1 is 1.37 bits per heavy atom. The van der Waals surface area contributed by atoms with E-state index in [0.29, 0.717) is 5.69 Å². The van der Waals surface area contributed by atoms with Gasteiger partial charge in [0.25, 0.3) is 0 Å². The summed E-state index contributed by atoms with van der Waals surface area (Å²) < 4.78 is 14.0. The molecule has 1 atom stereocenters. The molecule has 2 rings (SSSR count). The van der Waals surface area contributed by atoms with Crippen molar-refractivity contribution in [1.82, 2.24) is 4.90 Å². The van der Waals surface area contributed by atoms with Crippen molar-refractivity contribution in [3.8, 4) is 0 Å². The van der Waals surface area contributed by atoms with Crippen LogP contribution in [0.25, 0.3) is 0 Å². The average Bonchev–Trinajstić information content (AvgIpc) is 2.39. The van der Waals surface area contributed by atoms with Crippen LogP contribution in [0.2, 0.25) is 0 Å². The van der Waals surface area contributed by atoms with E-state index in [2.05, 4.69) is 0 Å². The number of para-hydroxylation sites is 1. The molecular formula is C15H21FN2O. The molecule has 1 aliphatic heterocycles. The lowest BCUT2D eigenvalue weighted by Gasteiger charge is -2.43. The molecule has 19 heavy (non-hydrogen) atoms. The highest BCUT2D eigenvalue weighted by Gasteiger charge is 2.35. The molecule has 104 valence electrons. The maximum Gasteiger partial charge on any atom is 0.325 e. The quantitative estimate of drug-likeness (QED) is 0.817. The Morgan fingerprint density at radius 3 is 2.63 bits per heavy atom. The molecule has 1 aliphatic rings. The highest BCUT2D eigenvalue weighted by Crippen LogP contribution is 2.29. The number of carbonyl (C=O) groups excluding carboxylic acids is 1. The zero-order valence-corrected chi connectivity index (χ0v) is 11.8. The number of nitrogens with zero attached hydrogens (tertiary/aromatic N) is 2. The summed E-state index contributed by atoms with van der Waals surface area (Å²) >= 11 is 0. The summed E-state index contributed by atoms with van der Waals surface area (Å²) in [5, 5.41) is 0. The normalized spacial score (nSPS) is 20.3. The number of halogens is 1. The number of carbonyl (C=O) groups is 1. The Bertz CT molecular complexity index is 461. The second kappa shape index (κ2) is 5.59. The molecule has 1 aromatic carbocycles. The second-order valence-electron chi connectivity index (χ2n) is 5.24. The summed E-state index contributed by atoms with van der Waals surface area (Å²) in [6.45, 7) is 6.77. The Kier molecular flexibility index (Phi) is 4.08. The van der Waals surface area contributed by atoms with E-state index in [1.807, 2.05) is 20.8 Å². The summed E-state index contributed by atoms with van der Waals surface area (Å²) in [5.74, 6) is -0.333. The molecule has 4 heteroatoms. The van der Waals surface area contributed by atoms with Crippen LogP contribution in [0.1, 0.15) is 33.6 Å². The third kappa shape index (κ3) is 2.57. The van der Waals surface area contributed by atoms with Crippen LogP contribution >= 0.6 is 0 Å². The van der Waals surface area contributed by atoms with Crippen LogP contribution in [-0.4, -0.2) is 29.6 Å². The lowest BCUT2D eigenvalue weighted by molar-refractivity contribution is 0.169. The third-order valence-corrected chi connectivity index (χ3v) is 3.73. The van der Waals surface area contributed by atoms with Crippen molar-refractivity contribution < 1.29 is 9.18 Å². The predicted octanol–water partition coefficient (Wildman–Crippen LogP) is 3.64. The van der Waals surface area contributed by atoms with Crippen LogP contribution in [0.15, 0.2) is 24.3 Å². The number of urea groups is 1. The first-order valence-electron chi connectivity index (χ1n) is 6.90.